The Hall–Kier alpha value is -0.610. The number of hydrogen-bond donors (Lipinski definition) is 1. The van der Waals surface area contributed by atoms with Gasteiger partial charge in [-0.15, -0.1) is 0 Å². The van der Waals surface area contributed by atoms with Gasteiger partial charge in [0.2, 0.25) is 6.41 Å². The summed E-state index contributed by atoms with van der Waals surface area (Å²) in [5, 5.41) is 0. The number of ether oxygens (including phenoxy) is 1. The van der Waals surface area contributed by atoms with E-state index in [1.54, 1.807) is 4.90 Å². The van der Waals surface area contributed by atoms with E-state index in [2.05, 4.69) is 0 Å². The molecule has 1 heterocycles. The molecule has 1 rings (SSSR count). The summed E-state index contributed by atoms with van der Waals surface area (Å²) in [5.74, 6) is 0. The zero-order valence-corrected chi connectivity index (χ0v) is 6.25. The second-order valence-electron chi connectivity index (χ2n) is 1.86. The van der Waals surface area contributed by atoms with Crippen molar-refractivity contribution in [3.05, 3.63) is 0 Å². The monoisotopic (exact) mass is 146 g/mol. The molecule has 0 atom stereocenters. The zero-order valence-electron chi connectivity index (χ0n) is 6.25. The molecule has 0 aromatic heterocycles. The summed E-state index contributed by atoms with van der Waals surface area (Å²) in [5.41, 5.74) is 4.85. The fourth-order valence-corrected chi connectivity index (χ4v) is 0.511. The quantitative estimate of drug-likeness (QED) is 0.502. The summed E-state index contributed by atoms with van der Waals surface area (Å²) in [6.07, 6.45) is 0.799. The Bertz CT molecular complexity index is 81.8. The third kappa shape index (κ3) is 4.29. The van der Waals surface area contributed by atoms with Crippen molar-refractivity contribution in [2.75, 3.05) is 26.4 Å². The molecule has 0 radical (unpaired) electrons. The summed E-state index contributed by atoms with van der Waals surface area (Å²) in [6, 6.07) is 0. The van der Waals surface area contributed by atoms with E-state index in [4.69, 9.17) is 10.5 Å². The average Bonchev–Trinajstić information content (AvgIpc) is 2.39. The Morgan fingerprint density at radius 3 is 2.60 bits per heavy atom. The van der Waals surface area contributed by atoms with Crippen LogP contribution in [0.3, 0.4) is 0 Å². The molecule has 10 heavy (non-hydrogen) atoms. The lowest BCUT2D eigenvalue weighted by molar-refractivity contribution is -0.118. The minimum Gasteiger partial charge on any atom is -0.359 e. The van der Waals surface area contributed by atoms with Gasteiger partial charge in [-0.1, -0.05) is 6.92 Å². The number of amides is 1. The summed E-state index contributed by atoms with van der Waals surface area (Å²) in [4.78, 5) is 11.4. The number of nitrogens with zero attached hydrogens (tertiary/aromatic N) is 1. The highest BCUT2D eigenvalue weighted by Crippen LogP contribution is 1.92. The number of rotatable bonds is 1. The molecule has 1 aliphatic rings. The maximum atomic E-state index is 9.85. The fraction of sp³-hybridized carbons (Fsp3) is 0.833. The molecular formula is C6H14N2O2. The van der Waals surface area contributed by atoms with Crippen LogP contribution in [0.25, 0.3) is 0 Å². The lowest BCUT2D eigenvalue weighted by Crippen LogP contribution is -2.16. The van der Waals surface area contributed by atoms with Gasteiger partial charge in [-0.05, 0) is 6.54 Å². The molecule has 2 N–H and O–H groups in total. The summed E-state index contributed by atoms with van der Waals surface area (Å²) in [7, 11) is 0. The first-order chi connectivity index (χ1) is 4.85. The maximum Gasteiger partial charge on any atom is 0.211 e. The van der Waals surface area contributed by atoms with Crippen molar-refractivity contribution in [2.24, 2.45) is 5.73 Å². The first-order valence-corrected chi connectivity index (χ1v) is 3.32. The van der Waals surface area contributed by atoms with Crippen molar-refractivity contribution in [1.29, 1.82) is 0 Å². The third-order valence-corrected chi connectivity index (χ3v) is 0.929. The molecule has 0 aliphatic carbocycles. The molecule has 1 aliphatic heterocycles. The van der Waals surface area contributed by atoms with Gasteiger partial charge >= 0.3 is 0 Å². The van der Waals surface area contributed by atoms with Gasteiger partial charge in [-0.25, -0.2) is 0 Å². The van der Waals surface area contributed by atoms with E-state index in [1.165, 1.54) is 0 Å². The van der Waals surface area contributed by atoms with E-state index in [0.717, 1.165) is 19.5 Å². The van der Waals surface area contributed by atoms with Gasteiger partial charge in [0.25, 0.3) is 0 Å². The van der Waals surface area contributed by atoms with Crippen LogP contribution < -0.4 is 5.73 Å². The maximum absolute atomic E-state index is 9.85. The lowest BCUT2D eigenvalue weighted by atomic mass is 10.7. The molecule has 1 saturated heterocycles. The van der Waals surface area contributed by atoms with Gasteiger partial charge in [0.1, 0.15) is 6.73 Å². The van der Waals surface area contributed by atoms with Crippen LogP contribution in [0.15, 0.2) is 0 Å². The summed E-state index contributed by atoms with van der Waals surface area (Å²) < 4.78 is 4.84. The topological polar surface area (TPSA) is 55.6 Å². The summed E-state index contributed by atoms with van der Waals surface area (Å²) >= 11 is 0. The van der Waals surface area contributed by atoms with Crippen molar-refractivity contribution in [2.45, 2.75) is 6.92 Å². The highest BCUT2D eigenvalue weighted by molar-refractivity contribution is 5.46. The largest absolute Gasteiger partial charge is 0.359 e. The predicted molar refractivity (Wildman–Crippen MR) is 38.3 cm³/mol. The van der Waals surface area contributed by atoms with E-state index >= 15 is 0 Å². The van der Waals surface area contributed by atoms with E-state index in [9.17, 15) is 4.79 Å². The van der Waals surface area contributed by atoms with Crippen LogP contribution in [0.2, 0.25) is 0 Å². The summed E-state index contributed by atoms with van der Waals surface area (Å²) in [6.45, 7) is 4.58. The van der Waals surface area contributed by atoms with Crippen LogP contribution in [0, 0.1) is 0 Å². The highest BCUT2D eigenvalue weighted by Gasteiger charge is 2.06. The molecule has 0 saturated carbocycles. The Balaban J connectivity index is 0.000000236. The second kappa shape index (κ2) is 6.51. The van der Waals surface area contributed by atoms with Gasteiger partial charge in [-0.3, -0.25) is 4.79 Å². The van der Waals surface area contributed by atoms with Gasteiger partial charge in [0, 0.05) is 6.54 Å². The number of carbonyl (C=O) groups excluding carboxylic acids is 1. The van der Waals surface area contributed by atoms with Crippen LogP contribution in [0.4, 0.5) is 0 Å². The van der Waals surface area contributed by atoms with Gasteiger partial charge < -0.3 is 15.4 Å². The van der Waals surface area contributed by atoms with Crippen LogP contribution in [-0.4, -0.2) is 37.7 Å². The molecule has 0 spiro atoms. The Labute approximate surface area is 60.9 Å². The molecule has 0 bridgehead atoms. The minimum atomic E-state index is 0.476. The Kier molecular flexibility index (Phi) is 6.11. The normalized spacial score (nSPS) is 16.0. The second-order valence-corrected chi connectivity index (χ2v) is 1.86. The van der Waals surface area contributed by atoms with E-state index in [0.29, 0.717) is 13.3 Å². The van der Waals surface area contributed by atoms with Crippen molar-refractivity contribution in [3.63, 3.8) is 0 Å². The van der Waals surface area contributed by atoms with Gasteiger partial charge in [0.15, 0.2) is 0 Å². The molecule has 4 heteroatoms. The van der Waals surface area contributed by atoms with E-state index in [1.807, 2.05) is 6.92 Å². The first-order valence-electron chi connectivity index (χ1n) is 3.32. The molecule has 1 fully saturated rings. The standard InChI is InChI=1S/C4H7NO2.C2H7N/c6-3-5-1-2-7-4-5;1-2-3/h3H,1-2,4H2;2-3H2,1H3. The highest BCUT2D eigenvalue weighted by atomic mass is 16.5. The van der Waals surface area contributed by atoms with Crippen LogP contribution >= 0.6 is 0 Å². The number of hydrogen-bond acceptors (Lipinski definition) is 3. The van der Waals surface area contributed by atoms with Crippen LogP contribution in [-0.2, 0) is 9.53 Å². The van der Waals surface area contributed by atoms with Gasteiger partial charge in [-0.2, -0.15) is 0 Å². The molecule has 0 aromatic carbocycles. The molecular weight excluding hydrogens is 132 g/mol. The average molecular weight is 146 g/mol. The molecule has 0 aromatic rings. The molecule has 4 nitrogen and oxygen atoms in total. The molecule has 1 amide bonds. The predicted octanol–water partition coefficient (Wildman–Crippen LogP) is -0.602. The smallest absolute Gasteiger partial charge is 0.211 e. The SMILES string of the molecule is CCN.O=CN1CCOC1. The first kappa shape index (κ1) is 9.39. The third-order valence-electron chi connectivity index (χ3n) is 0.929. The minimum absolute atomic E-state index is 0.476. The zero-order chi connectivity index (χ0) is 7.82. The Morgan fingerprint density at radius 2 is 2.40 bits per heavy atom. The van der Waals surface area contributed by atoms with E-state index in [-0.39, 0.29) is 0 Å². The molecule has 60 valence electrons. The van der Waals surface area contributed by atoms with Crippen molar-refractivity contribution < 1.29 is 9.53 Å². The Morgan fingerprint density at radius 1 is 1.80 bits per heavy atom. The fourth-order valence-electron chi connectivity index (χ4n) is 0.511. The van der Waals surface area contributed by atoms with Crippen LogP contribution in [0.5, 0.6) is 0 Å². The van der Waals surface area contributed by atoms with E-state index < -0.39 is 0 Å². The van der Waals surface area contributed by atoms with Crippen molar-refractivity contribution >= 4 is 6.41 Å². The number of nitrogens with two attached hydrogens (primary N) is 1. The van der Waals surface area contributed by atoms with Crippen LogP contribution in [0.1, 0.15) is 6.92 Å². The lowest BCUT2D eigenvalue weighted by Gasteiger charge is -2.00. The number of carbonyl (C=O) groups is 1. The van der Waals surface area contributed by atoms with Gasteiger partial charge in [0.05, 0.1) is 6.61 Å². The molecule has 0 unspecified atom stereocenters. The van der Waals surface area contributed by atoms with Crippen molar-refractivity contribution in [1.82, 2.24) is 4.90 Å². The van der Waals surface area contributed by atoms with Crippen molar-refractivity contribution in [3.8, 4) is 0 Å².